The summed E-state index contributed by atoms with van der Waals surface area (Å²) >= 11 is 3.08. The molecule has 6 nitrogen and oxygen atoms in total. The van der Waals surface area contributed by atoms with Crippen LogP contribution in [-0.2, 0) is 17.8 Å². The van der Waals surface area contributed by atoms with Gasteiger partial charge in [0.1, 0.15) is 0 Å². The van der Waals surface area contributed by atoms with Crippen molar-refractivity contribution in [3.05, 3.63) is 21.9 Å². The Labute approximate surface area is 118 Å². The molecule has 0 aliphatic carbocycles. The van der Waals surface area contributed by atoms with Gasteiger partial charge in [-0.25, -0.2) is 5.10 Å². The zero-order chi connectivity index (χ0) is 13.2. The summed E-state index contributed by atoms with van der Waals surface area (Å²) in [7, 11) is 0. The van der Waals surface area contributed by atoms with Gasteiger partial charge in [0.05, 0.1) is 5.75 Å². The van der Waals surface area contributed by atoms with Crippen molar-refractivity contribution in [3.63, 3.8) is 0 Å². The third-order valence-corrected chi connectivity index (χ3v) is 4.82. The second-order valence-electron chi connectivity index (χ2n) is 4.23. The molecule has 0 aromatic carbocycles. The first-order chi connectivity index (χ1) is 9.22. The van der Waals surface area contributed by atoms with Crippen LogP contribution in [0.15, 0.2) is 16.6 Å². The van der Waals surface area contributed by atoms with Gasteiger partial charge in [0.2, 0.25) is 17.0 Å². The molecular weight excluding hydrogens is 282 g/mol. The molecule has 1 amide bonds. The quantitative estimate of drug-likeness (QED) is 0.829. The topological polar surface area (TPSA) is 87.9 Å². The first-order valence-electron chi connectivity index (χ1n) is 5.86. The maximum atomic E-state index is 12.1. The maximum Gasteiger partial charge on any atom is 0.233 e. The van der Waals surface area contributed by atoms with Crippen LogP contribution in [0.5, 0.6) is 0 Å². The molecule has 0 saturated heterocycles. The third kappa shape index (κ3) is 2.74. The van der Waals surface area contributed by atoms with E-state index in [1.165, 1.54) is 22.2 Å². The minimum Gasteiger partial charge on any atom is -0.368 e. The number of nitrogens with one attached hydrogen (secondary N) is 1. The Balaban J connectivity index is 1.57. The predicted octanol–water partition coefficient (Wildman–Crippen LogP) is 1.13. The lowest BCUT2D eigenvalue weighted by Crippen LogP contribution is -2.36. The first-order valence-corrected chi connectivity index (χ1v) is 7.72. The van der Waals surface area contributed by atoms with Gasteiger partial charge < -0.3 is 10.6 Å². The molecule has 8 heteroatoms. The molecule has 1 aliphatic heterocycles. The lowest BCUT2D eigenvalue weighted by molar-refractivity contribution is -0.129. The van der Waals surface area contributed by atoms with Crippen molar-refractivity contribution in [1.29, 1.82) is 0 Å². The number of amides is 1. The van der Waals surface area contributed by atoms with Crippen molar-refractivity contribution >= 4 is 35.0 Å². The molecule has 0 spiro atoms. The van der Waals surface area contributed by atoms with Gasteiger partial charge in [0.15, 0.2) is 0 Å². The van der Waals surface area contributed by atoms with Crippen LogP contribution in [0.4, 0.5) is 5.95 Å². The molecule has 0 fully saturated rings. The van der Waals surface area contributed by atoms with Crippen molar-refractivity contribution in [2.45, 2.75) is 18.1 Å². The molecule has 0 bridgehead atoms. The van der Waals surface area contributed by atoms with Crippen molar-refractivity contribution in [1.82, 2.24) is 20.1 Å². The second kappa shape index (κ2) is 5.22. The summed E-state index contributed by atoms with van der Waals surface area (Å²) in [6.45, 7) is 1.51. The van der Waals surface area contributed by atoms with Crippen LogP contribution < -0.4 is 5.73 Å². The number of nitrogens with zero attached hydrogens (tertiary/aromatic N) is 3. The van der Waals surface area contributed by atoms with E-state index in [9.17, 15) is 4.79 Å². The molecule has 2 aromatic rings. The normalized spacial score (nSPS) is 14.4. The van der Waals surface area contributed by atoms with Gasteiger partial charge in [-0.05, 0) is 23.4 Å². The Hall–Kier alpha value is -1.54. The SMILES string of the molecule is Nc1nc(SCC(=O)N2CCc3sccc3C2)n[nH]1. The van der Waals surface area contributed by atoms with E-state index in [1.807, 2.05) is 4.90 Å². The number of anilines is 1. The van der Waals surface area contributed by atoms with E-state index in [0.717, 1.165) is 13.0 Å². The third-order valence-electron chi connectivity index (χ3n) is 2.97. The summed E-state index contributed by atoms with van der Waals surface area (Å²) in [5, 5.41) is 9.05. The predicted molar refractivity (Wildman–Crippen MR) is 75.0 cm³/mol. The molecule has 3 heterocycles. The number of aromatic nitrogens is 3. The number of hydrogen-bond donors (Lipinski definition) is 2. The van der Waals surface area contributed by atoms with Gasteiger partial charge in [-0.3, -0.25) is 4.79 Å². The van der Waals surface area contributed by atoms with Crippen LogP contribution in [0.3, 0.4) is 0 Å². The van der Waals surface area contributed by atoms with Gasteiger partial charge in [0.25, 0.3) is 0 Å². The summed E-state index contributed by atoms with van der Waals surface area (Å²) in [6.07, 6.45) is 0.955. The monoisotopic (exact) mass is 295 g/mol. The smallest absolute Gasteiger partial charge is 0.233 e. The number of thioether (sulfide) groups is 1. The number of fused-ring (bicyclic) bond motifs is 1. The Bertz CT molecular complexity index is 593. The average molecular weight is 295 g/mol. The summed E-state index contributed by atoms with van der Waals surface area (Å²) in [6, 6.07) is 2.10. The number of thiophene rings is 1. The van der Waals surface area contributed by atoms with E-state index < -0.39 is 0 Å². The number of hydrogen-bond acceptors (Lipinski definition) is 6. The number of aromatic amines is 1. The van der Waals surface area contributed by atoms with E-state index >= 15 is 0 Å². The van der Waals surface area contributed by atoms with Crippen molar-refractivity contribution in [3.8, 4) is 0 Å². The Morgan fingerprint density at radius 1 is 1.63 bits per heavy atom. The maximum absolute atomic E-state index is 12.1. The molecule has 19 heavy (non-hydrogen) atoms. The number of rotatable bonds is 3. The second-order valence-corrected chi connectivity index (χ2v) is 6.17. The lowest BCUT2D eigenvalue weighted by Gasteiger charge is -2.26. The standard InChI is InChI=1S/C11H13N5OS2/c12-10-13-11(15-14-10)19-6-9(17)16-3-1-8-7(5-16)2-4-18-8/h2,4H,1,3,5-6H2,(H3,12,13,14,15). The summed E-state index contributed by atoms with van der Waals surface area (Å²) < 4.78 is 0. The Morgan fingerprint density at radius 3 is 3.32 bits per heavy atom. The highest BCUT2D eigenvalue weighted by Crippen LogP contribution is 2.24. The van der Waals surface area contributed by atoms with Gasteiger partial charge in [-0.15, -0.1) is 16.4 Å². The van der Waals surface area contributed by atoms with Gasteiger partial charge in [0, 0.05) is 18.0 Å². The van der Waals surface area contributed by atoms with Crippen molar-refractivity contribution < 1.29 is 4.79 Å². The van der Waals surface area contributed by atoms with Crippen LogP contribution >= 0.6 is 23.1 Å². The number of nitrogens with two attached hydrogens (primary N) is 1. The highest BCUT2D eigenvalue weighted by Gasteiger charge is 2.21. The Kier molecular flexibility index (Phi) is 3.43. The fourth-order valence-electron chi connectivity index (χ4n) is 2.00. The van der Waals surface area contributed by atoms with Crippen LogP contribution in [0.2, 0.25) is 0 Å². The van der Waals surface area contributed by atoms with Crippen LogP contribution in [0.25, 0.3) is 0 Å². The molecule has 2 aromatic heterocycles. The van der Waals surface area contributed by atoms with Crippen molar-refractivity contribution in [2.75, 3.05) is 18.0 Å². The van der Waals surface area contributed by atoms with Crippen LogP contribution in [0, 0.1) is 0 Å². The summed E-state index contributed by atoms with van der Waals surface area (Å²) in [5.41, 5.74) is 6.71. The van der Waals surface area contributed by atoms with E-state index in [0.29, 0.717) is 17.5 Å². The van der Waals surface area contributed by atoms with Crippen LogP contribution in [-0.4, -0.2) is 38.3 Å². The largest absolute Gasteiger partial charge is 0.368 e. The lowest BCUT2D eigenvalue weighted by atomic mass is 10.1. The average Bonchev–Trinajstić information content (AvgIpc) is 3.03. The van der Waals surface area contributed by atoms with Gasteiger partial charge in [-0.1, -0.05) is 11.8 Å². The fourth-order valence-corrected chi connectivity index (χ4v) is 3.60. The minimum atomic E-state index is 0.116. The highest BCUT2D eigenvalue weighted by atomic mass is 32.2. The van der Waals surface area contributed by atoms with Crippen molar-refractivity contribution in [2.24, 2.45) is 0 Å². The molecule has 1 aliphatic rings. The van der Waals surface area contributed by atoms with E-state index in [1.54, 1.807) is 11.3 Å². The van der Waals surface area contributed by atoms with E-state index in [-0.39, 0.29) is 11.9 Å². The van der Waals surface area contributed by atoms with Gasteiger partial charge >= 0.3 is 0 Å². The van der Waals surface area contributed by atoms with E-state index in [4.69, 9.17) is 5.73 Å². The number of carbonyl (C=O) groups excluding carboxylic acids is 1. The zero-order valence-corrected chi connectivity index (χ0v) is 11.8. The fraction of sp³-hybridized carbons (Fsp3) is 0.364. The molecule has 0 saturated carbocycles. The zero-order valence-electron chi connectivity index (χ0n) is 10.1. The Morgan fingerprint density at radius 2 is 2.53 bits per heavy atom. The summed E-state index contributed by atoms with van der Waals surface area (Å²) in [4.78, 5) is 19.4. The molecule has 3 N–H and O–H groups in total. The number of carbonyl (C=O) groups is 1. The van der Waals surface area contributed by atoms with Crippen LogP contribution in [0.1, 0.15) is 10.4 Å². The molecule has 3 rings (SSSR count). The molecule has 100 valence electrons. The number of H-pyrrole nitrogens is 1. The molecule has 0 radical (unpaired) electrons. The van der Waals surface area contributed by atoms with Gasteiger partial charge in [-0.2, -0.15) is 4.98 Å². The minimum absolute atomic E-state index is 0.116. The van der Waals surface area contributed by atoms with E-state index in [2.05, 4.69) is 26.6 Å². The molecule has 0 unspecified atom stereocenters. The molecule has 0 atom stereocenters. The highest BCUT2D eigenvalue weighted by molar-refractivity contribution is 7.99. The number of nitrogen functional groups attached to an aromatic ring is 1. The molecular formula is C11H13N5OS2. The summed E-state index contributed by atoms with van der Waals surface area (Å²) in [5.74, 6) is 0.734. The first kappa shape index (κ1) is 12.5.